The van der Waals surface area contributed by atoms with Crippen LogP contribution in [-0.4, -0.2) is 22.7 Å². The Kier molecular flexibility index (Phi) is 2.82. The minimum Gasteiger partial charge on any atom is -0.478 e. The van der Waals surface area contributed by atoms with Crippen molar-refractivity contribution in [3.8, 4) is 0 Å². The number of rotatable bonds is 1. The lowest BCUT2D eigenvalue weighted by molar-refractivity contribution is -0.115. The van der Waals surface area contributed by atoms with Gasteiger partial charge in [0.25, 0.3) is 0 Å². The molecule has 0 spiro atoms. The van der Waals surface area contributed by atoms with Gasteiger partial charge in [-0.2, -0.15) is 0 Å². The number of halogens is 1. The van der Waals surface area contributed by atoms with Crippen molar-refractivity contribution in [1.82, 2.24) is 0 Å². The number of carboxylic acids is 1. The number of anilines is 1. The Balaban J connectivity index is 2.50. The van der Waals surface area contributed by atoms with Crippen LogP contribution in [-0.2, 0) is 4.79 Å². The van der Waals surface area contributed by atoms with E-state index < -0.39 is 17.3 Å². The van der Waals surface area contributed by atoms with Gasteiger partial charge in [-0.05, 0) is 12.1 Å². The lowest BCUT2D eigenvalue weighted by Gasteiger charge is -2.07. The number of benzene rings is 1. The SMILES string of the molecule is O=C1CCSc2cc(F)c(C(=O)O)cc2N1. The van der Waals surface area contributed by atoms with Crippen molar-refractivity contribution in [2.45, 2.75) is 11.3 Å². The van der Waals surface area contributed by atoms with Crippen LogP contribution in [0.3, 0.4) is 0 Å². The first-order valence-corrected chi connectivity index (χ1v) is 5.56. The van der Waals surface area contributed by atoms with Crippen molar-refractivity contribution >= 4 is 29.3 Å². The van der Waals surface area contributed by atoms with E-state index in [1.54, 1.807) is 0 Å². The van der Waals surface area contributed by atoms with Crippen LogP contribution in [0.15, 0.2) is 17.0 Å². The maximum Gasteiger partial charge on any atom is 0.338 e. The van der Waals surface area contributed by atoms with Crippen LogP contribution >= 0.6 is 11.8 Å². The summed E-state index contributed by atoms with van der Waals surface area (Å²) in [5, 5.41) is 11.3. The van der Waals surface area contributed by atoms with Gasteiger partial charge in [-0.15, -0.1) is 11.8 Å². The number of aromatic carboxylic acids is 1. The van der Waals surface area contributed by atoms with Gasteiger partial charge in [0.1, 0.15) is 5.82 Å². The van der Waals surface area contributed by atoms with Crippen molar-refractivity contribution in [2.75, 3.05) is 11.1 Å². The number of carbonyl (C=O) groups excluding carboxylic acids is 1. The molecule has 2 N–H and O–H groups in total. The Morgan fingerprint density at radius 1 is 1.50 bits per heavy atom. The predicted molar refractivity (Wildman–Crippen MR) is 57.3 cm³/mol. The molecule has 0 radical (unpaired) electrons. The number of hydrogen-bond acceptors (Lipinski definition) is 3. The molecule has 16 heavy (non-hydrogen) atoms. The fraction of sp³-hybridized carbons (Fsp3) is 0.200. The minimum absolute atomic E-state index is 0.186. The van der Waals surface area contributed by atoms with Crippen LogP contribution in [0.5, 0.6) is 0 Å². The van der Waals surface area contributed by atoms with Crippen molar-refractivity contribution in [2.24, 2.45) is 0 Å². The van der Waals surface area contributed by atoms with Crippen LogP contribution in [0.4, 0.5) is 10.1 Å². The maximum atomic E-state index is 13.4. The molecule has 2 rings (SSSR count). The monoisotopic (exact) mass is 241 g/mol. The second-order valence-electron chi connectivity index (χ2n) is 3.28. The molecule has 0 unspecified atom stereocenters. The van der Waals surface area contributed by atoms with Gasteiger partial charge in [-0.25, -0.2) is 9.18 Å². The molecule has 1 amide bonds. The standard InChI is InChI=1S/C10H8FNO3S/c11-6-4-8-7(3-5(6)10(14)15)12-9(13)1-2-16-8/h3-4H,1-2H2,(H,12,13)(H,14,15). The molecular formula is C10H8FNO3S. The predicted octanol–water partition coefficient (Wildman–Crippen LogP) is 1.96. The zero-order chi connectivity index (χ0) is 11.7. The van der Waals surface area contributed by atoms with E-state index in [-0.39, 0.29) is 5.91 Å². The highest BCUT2D eigenvalue weighted by Gasteiger charge is 2.19. The normalized spacial score (nSPS) is 14.9. The number of thioether (sulfide) groups is 1. The van der Waals surface area contributed by atoms with E-state index in [2.05, 4.69) is 5.32 Å². The van der Waals surface area contributed by atoms with Gasteiger partial charge in [-0.3, -0.25) is 4.79 Å². The summed E-state index contributed by atoms with van der Waals surface area (Å²) in [6, 6.07) is 2.30. The highest BCUT2D eigenvalue weighted by atomic mass is 32.2. The van der Waals surface area contributed by atoms with Crippen LogP contribution in [0.2, 0.25) is 0 Å². The van der Waals surface area contributed by atoms with E-state index in [0.717, 1.165) is 12.1 Å². The summed E-state index contributed by atoms with van der Waals surface area (Å²) in [7, 11) is 0. The summed E-state index contributed by atoms with van der Waals surface area (Å²) in [5.74, 6) is -1.75. The minimum atomic E-state index is -1.34. The Hall–Kier alpha value is -1.56. The molecule has 6 heteroatoms. The summed E-state index contributed by atoms with van der Waals surface area (Å²) in [4.78, 5) is 22.5. The zero-order valence-electron chi connectivity index (χ0n) is 8.12. The van der Waals surface area contributed by atoms with Crippen LogP contribution in [0.1, 0.15) is 16.8 Å². The second kappa shape index (κ2) is 4.13. The molecule has 1 aliphatic rings. The molecule has 1 aromatic carbocycles. The Bertz CT molecular complexity index is 475. The van der Waals surface area contributed by atoms with Crippen molar-refractivity contribution in [3.05, 3.63) is 23.5 Å². The summed E-state index contributed by atoms with van der Waals surface area (Å²) in [6.45, 7) is 0. The fourth-order valence-corrected chi connectivity index (χ4v) is 2.36. The number of hydrogen-bond donors (Lipinski definition) is 2. The summed E-state index contributed by atoms with van der Waals surface area (Å²) >= 11 is 1.33. The number of carboxylic acid groups (broad SMARTS) is 1. The van der Waals surface area contributed by atoms with E-state index in [4.69, 9.17) is 5.11 Å². The van der Waals surface area contributed by atoms with E-state index in [1.165, 1.54) is 11.8 Å². The van der Waals surface area contributed by atoms with Gasteiger partial charge in [0, 0.05) is 17.1 Å². The molecule has 1 aliphatic heterocycles. The van der Waals surface area contributed by atoms with Crippen molar-refractivity contribution in [1.29, 1.82) is 0 Å². The molecular weight excluding hydrogens is 233 g/mol. The first kappa shape index (κ1) is 10.9. The van der Waals surface area contributed by atoms with E-state index in [1.807, 2.05) is 0 Å². The third kappa shape index (κ3) is 2.01. The number of carbonyl (C=O) groups is 2. The highest BCUT2D eigenvalue weighted by molar-refractivity contribution is 7.99. The summed E-state index contributed by atoms with van der Waals surface area (Å²) in [6.07, 6.45) is 0.337. The molecule has 1 heterocycles. The lowest BCUT2D eigenvalue weighted by atomic mass is 10.2. The van der Waals surface area contributed by atoms with Gasteiger partial charge in [0.05, 0.1) is 11.3 Å². The average molecular weight is 241 g/mol. The Morgan fingerprint density at radius 2 is 2.25 bits per heavy atom. The van der Waals surface area contributed by atoms with E-state index in [9.17, 15) is 14.0 Å². The molecule has 1 aromatic rings. The third-order valence-electron chi connectivity index (χ3n) is 2.16. The second-order valence-corrected chi connectivity index (χ2v) is 4.42. The van der Waals surface area contributed by atoms with Crippen LogP contribution in [0.25, 0.3) is 0 Å². The van der Waals surface area contributed by atoms with Crippen molar-refractivity contribution in [3.63, 3.8) is 0 Å². The zero-order valence-corrected chi connectivity index (χ0v) is 8.94. The maximum absolute atomic E-state index is 13.4. The molecule has 0 fully saturated rings. The molecule has 0 bridgehead atoms. The average Bonchev–Trinajstić information content (AvgIpc) is 2.37. The largest absolute Gasteiger partial charge is 0.478 e. The summed E-state index contributed by atoms with van der Waals surface area (Å²) in [5.41, 5.74) is -0.0622. The highest BCUT2D eigenvalue weighted by Crippen LogP contribution is 2.32. The fourth-order valence-electron chi connectivity index (χ4n) is 1.40. The van der Waals surface area contributed by atoms with E-state index >= 15 is 0 Å². The molecule has 0 atom stereocenters. The molecule has 84 valence electrons. The molecule has 0 saturated carbocycles. The number of nitrogens with one attached hydrogen (secondary N) is 1. The molecule has 4 nitrogen and oxygen atoms in total. The quantitative estimate of drug-likeness (QED) is 0.788. The molecule has 0 aromatic heterocycles. The van der Waals surface area contributed by atoms with Crippen LogP contribution in [0, 0.1) is 5.82 Å². The molecule has 0 aliphatic carbocycles. The number of fused-ring (bicyclic) bond motifs is 1. The van der Waals surface area contributed by atoms with Gasteiger partial charge in [-0.1, -0.05) is 0 Å². The van der Waals surface area contributed by atoms with Crippen molar-refractivity contribution < 1.29 is 19.1 Å². The van der Waals surface area contributed by atoms with E-state index in [0.29, 0.717) is 22.8 Å². The van der Waals surface area contributed by atoms with Gasteiger partial charge >= 0.3 is 5.97 Å². The lowest BCUT2D eigenvalue weighted by Crippen LogP contribution is -2.11. The Morgan fingerprint density at radius 3 is 2.94 bits per heavy atom. The first-order valence-electron chi connectivity index (χ1n) is 4.57. The first-order chi connectivity index (χ1) is 7.58. The van der Waals surface area contributed by atoms with Gasteiger partial charge < -0.3 is 10.4 Å². The number of amides is 1. The Labute approximate surface area is 94.8 Å². The molecule has 0 saturated heterocycles. The summed E-state index contributed by atoms with van der Waals surface area (Å²) < 4.78 is 13.4. The third-order valence-corrected chi connectivity index (χ3v) is 3.22. The topological polar surface area (TPSA) is 66.4 Å². The van der Waals surface area contributed by atoms with Gasteiger partial charge in [0.2, 0.25) is 5.91 Å². The van der Waals surface area contributed by atoms with Crippen LogP contribution < -0.4 is 5.32 Å². The smallest absolute Gasteiger partial charge is 0.338 e. The van der Waals surface area contributed by atoms with Gasteiger partial charge in [0.15, 0.2) is 0 Å².